The standard InChI is InChI=1S/C37H36N2O4/c1-5-7-18-38-20-17-23(24-13-9-11-15-28(24)38)21-25-31(35(42)33(25)40)32-26(34(41)36(32)43)22-30-37(3,4)27-14-10-12-16-29(27)39(30)19-8-6-2/h9-17,20-22H,5-8,18-19H2,1-4H3/b23-21+,30-22+. The number of nitrogens with zero attached hydrogens (tertiary/aromatic N) is 2. The highest BCUT2D eigenvalue weighted by molar-refractivity contribution is 5.99. The van der Waals surface area contributed by atoms with Crippen LogP contribution in [-0.4, -0.2) is 13.1 Å². The molecule has 0 spiro atoms. The lowest BCUT2D eigenvalue weighted by Gasteiger charge is -2.28. The molecule has 0 atom stereocenters. The van der Waals surface area contributed by atoms with Crippen LogP contribution in [0.1, 0.15) is 75.6 Å². The maximum Gasteiger partial charge on any atom is 0.235 e. The van der Waals surface area contributed by atoms with Gasteiger partial charge in [0.2, 0.25) is 21.7 Å². The lowest BCUT2D eigenvalue weighted by atomic mass is 9.81. The first-order chi connectivity index (χ1) is 20.7. The van der Waals surface area contributed by atoms with Crippen molar-refractivity contribution in [2.45, 2.75) is 58.8 Å². The molecule has 0 saturated heterocycles. The predicted molar refractivity (Wildman–Crippen MR) is 177 cm³/mol. The summed E-state index contributed by atoms with van der Waals surface area (Å²) in [6.07, 6.45) is 11.5. The van der Waals surface area contributed by atoms with Crippen molar-refractivity contribution in [2.24, 2.45) is 0 Å². The number of unbranched alkanes of at least 4 members (excludes halogenated alkanes) is 2. The van der Waals surface area contributed by atoms with Crippen LogP contribution < -0.4 is 31.5 Å². The second kappa shape index (κ2) is 10.9. The Morgan fingerprint density at radius 2 is 1.28 bits per heavy atom. The van der Waals surface area contributed by atoms with Crippen molar-refractivity contribution in [3.8, 4) is 11.1 Å². The zero-order valence-corrected chi connectivity index (χ0v) is 25.2. The van der Waals surface area contributed by atoms with Gasteiger partial charge in [0.05, 0.1) is 0 Å². The van der Waals surface area contributed by atoms with Crippen molar-refractivity contribution >= 4 is 29.1 Å². The summed E-state index contributed by atoms with van der Waals surface area (Å²) >= 11 is 0. The van der Waals surface area contributed by atoms with Crippen LogP contribution in [0.25, 0.3) is 28.9 Å². The molecule has 6 nitrogen and oxygen atoms in total. The van der Waals surface area contributed by atoms with E-state index >= 15 is 0 Å². The van der Waals surface area contributed by atoms with Crippen LogP contribution in [0.5, 0.6) is 0 Å². The Kier molecular flexibility index (Phi) is 7.25. The average molecular weight is 573 g/mol. The lowest BCUT2D eigenvalue weighted by Crippen LogP contribution is -2.44. The van der Waals surface area contributed by atoms with E-state index in [-0.39, 0.29) is 22.3 Å². The van der Waals surface area contributed by atoms with Crippen molar-refractivity contribution in [1.29, 1.82) is 0 Å². The number of para-hydroxylation sites is 2. The Balaban J connectivity index is 1.45. The van der Waals surface area contributed by atoms with Gasteiger partial charge in [0.1, 0.15) is 0 Å². The summed E-state index contributed by atoms with van der Waals surface area (Å²) in [6.45, 7) is 10.2. The molecule has 0 N–H and O–H groups in total. The summed E-state index contributed by atoms with van der Waals surface area (Å²) in [6, 6.07) is 16.1. The van der Waals surface area contributed by atoms with Crippen molar-refractivity contribution < 1.29 is 0 Å². The topological polar surface area (TPSA) is 74.8 Å². The summed E-state index contributed by atoms with van der Waals surface area (Å²) in [5, 5.41) is 0. The molecule has 0 bridgehead atoms. The highest BCUT2D eigenvalue weighted by atomic mass is 16.2. The molecule has 2 heterocycles. The molecule has 2 aliphatic heterocycles. The molecule has 0 amide bonds. The first-order valence-corrected chi connectivity index (χ1v) is 15.2. The van der Waals surface area contributed by atoms with E-state index < -0.39 is 27.1 Å². The molecule has 2 aliphatic rings. The third kappa shape index (κ3) is 4.48. The van der Waals surface area contributed by atoms with E-state index in [0.29, 0.717) is 0 Å². The van der Waals surface area contributed by atoms with Gasteiger partial charge >= 0.3 is 0 Å². The first-order valence-electron chi connectivity index (χ1n) is 15.2. The zero-order chi connectivity index (χ0) is 30.5. The molecule has 4 aromatic rings. The number of fused-ring (bicyclic) bond motifs is 2. The molecule has 43 heavy (non-hydrogen) atoms. The van der Waals surface area contributed by atoms with Gasteiger partial charge < -0.3 is 9.80 Å². The minimum atomic E-state index is -0.715. The smallest absolute Gasteiger partial charge is 0.235 e. The summed E-state index contributed by atoms with van der Waals surface area (Å²) < 4.78 is 0. The van der Waals surface area contributed by atoms with Crippen LogP contribution in [0.3, 0.4) is 0 Å². The Morgan fingerprint density at radius 1 is 0.698 bits per heavy atom. The van der Waals surface area contributed by atoms with Gasteiger partial charge in [-0.2, -0.15) is 0 Å². The molecule has 0 unspecified atom stereocenters. The van der Waals surface area contributed by atoms with Gasteiger partial charge in [0.25, 0.3) is 0 Å². The van der Waals surface area contributed by atoms with Crippen LogP contribution in [0.15, 0.2) is 85.7 Å². The molecule has 218 valence electrons. The van der Waals surface area contributed by atoms with Crippen molar-refractivity contribution in [1.82, 2.24) is 0 Å². The largest absolute Gasteiger partial charge is 0.347 e. The summed E-state index contributed by atoms with van der Waals surface area (Å²) in [7, 11) is 0. The zero-order valence-electron chi connectivity index (χ0n) is 25.2. The van der Waals surface area contributed by atoms with Gasteiger partial charge in [-0.05, 0) is 54.3 Å². The molecule has 0 saturated carbocycles. The second-order valence-electron chi connectivity index (χ2n) is 12.1. The first kappa shape index (κ1) is 28.5. The minimum absolute atomic E-state index is 0.0571. The second-order valence-corrected chi connectivity index (χ2v) is 12.1. The fourth-order valence-electron chi connectivity index (χ4n) is 6.50. The molecular weight excluding hydrogens is 536 g/mol. The molecule has 4 aromatic carbocycles. The van der Waals surface area contributed by atoms with E-state index in [1.54, 1.807) is 12.2 Å². The predicted octanol–water partition coefficient (Wildman–Crippen LogP) is 6.16. The van der Waals surface area contributed by atoms with E-state index in [1.165, 1.54) is 0 Å². The van der Waals surface area contributed by atoms with Gasteiger partial charge in [-0.25, -0.2) is 0 Å². The highest BCUT2D eigenvalue weighted by Gasteiger charge is 2.41. The van der Waals surface area contributed by atoms with Crippen molar-refractivity contribution in [2.75, 3.05) is 22.9 Å². The van der Waals surface area contributed by atoms with Crippen LogP contribution in [-0.2, 0) is 5.41 Å². The molecule has 6 heteroatoms. The minimum Gasteiger partial charge on any atom is -0.347 e. The van der Waals surface area contributed by atoms with Crippen molar-refractivity contribution in [3.05, 3.63) is 130 Å². The maximum atomic E-state index is 13.1. The van der Waals surface area contributed by atoms with Crippen LogP contribution in [0.2, 0.25) is 0 Å². The van der Waals surface area contributed by atoms with E-state index in [4.69, 9.17) is 0 Å². The molecule has 6 rings (SSSR count). The average Bonchev–Trinajstić information content (AvgIpc) is 3.24. The SMILES string of the molecule is CCCCN1C=C/C(=C\c2c(-c3c(/C=C4/N(CCCC)c5ccccc5C4(C)C)c(=O)c3=O)c(=O)c2=O)c2ccccc21. The van der Waals surface area contributed by atoms with E-state index in [9.17, 15) is 19.2 Å². The van der Waals surface area contributed by atoms with Crippen LogP contribution in [0.4, 0.5) is 11.4 Å². The molecule has 0 radical (unpaired) electrons. The van der Waals surface area contributed by atoms with E-state index in [1.807, 2.05) is 48.7 Å². The van der Waals surface area contributed by atoms with E-state index in [2.05, 4.69) is 49.6 Å². The quantitative estimate of drug-likeness (QED) is 0.224. The molecule has 0 aromatic heterocycles. The fourth-order valence-corrected chi connectivity index (χ4v) is 6.50. The number of anilines is 2. The van der Waals surface area contributed by atoms with E-state index in [0.717, 1.165) is 72.5 Å². The van der Waals surface area contributed by atoms with Gasteiger partial charge in [-0.1, -0.05) is 76.9 Å². The van der Waals surface area contributed by atoms with Gasteiger partial charge in [0, 0.05) is 69.6 Å². The van der Waals surface area contributed by atoms with Crippen LogP contribution >= 0.6 is 0 Å². The number of hydrogen-bond donors (Lipinski definition) is 0. The number of allylic oxidation sites excluding steroid dienone is 3. The van der Waals surface area contributed by atoms with Gasteiger partial charge in [-0.3, -0.25) is 19.2 Å². The van der Waals surface area contributed by atoms with Crippen LogP contribution in [0, 0.1) is 0 Å². The fraction of sp³-hybridized carbons (Fsp3) is 0.297. The summed E-state index contributed by atoms with van der Waals surface area (Å²) in [5.41, 5.74) is 3.32. The van der Waals surface area contributed by atoms with Gasteiger partial charge in [-0.15, -0.1) is 0 Å². The summed E-state index contributed by atoms with van der Waals surface area (Å²) in [5.74, 6) is 0. The van der Waals surface area contributed by atoms with Gasteiger partial charge in [0.15, 0.2) is 0 Å². The molecule has 0 fully saturated rings. The number of benzene rings is 2. The lowest BCUT2D eigenvalue weighted by molar-refractivity contribution is 0.629. The Labute approximate surface area is 251 Å². The maximum absolute atomic E-state index is 13.1. The highest BCUT2D eigenvalue weighted by Crippen LogP contribution is 2.48. The monoisotopic (exact) mass is 572 g/mol. The Morgan fingerprint density at radius 3 is 1.95 bits per heavy atom. The third-order valence-corrected chi connectivity index (χ3v) is 8.97. The Hall–Kier alpha value is -4.58. The van der Waals surface area contributed by atoms with Crippen molar-refractivity contribution in [3.63, 3.8) is 0 Å². The number of hydrogen-bond acceptors (Lipinski definition) is 6. The molecular formula is C37H36N2O4. The molecule has 0 aliphatic carbocycles. The summed E-state index contributed by atoms with van der Waals surface area (Å²) in [4.78, 5) is 56.5. The number of rotatable bonds is 9. The Bertz CT molecular complexity index is 1970. The normalized spacial score (nSPS) is 17.4. The third-order valence-electron chi connectivity index (χ3n) is 8.97.